The number of aliphatic hydroxyl groups is 1. The first kappa shape index (κ1) is 13.2. The number of nitrogens with one attached hydrogen (secondary N) is 1. The smallest absolute Gasteiger partial charge is 0.407 e. The van der Waals surface area contributed by atoms with Crippen LogP contribution in [-0.4, -0.2) is 29.4 Å². The molecule has 0 fully saturated rings. The molecule has 1 amide bonds. The standard InChI is InChI=1S/C10H21NO3/c1-7(2)8(6-12)11-9(13)14-10(3,4)5/h7-8,12H,6H2,1-5H3,(H,11,13)/t8-/m1/s1/i11+1. The normalized spacial score (nSPS) is 13.9. The Morgan fingerprint density at radius 2 is 1.93 bits per heavy atom. The Hall–Kier alpha value is -0.770. The van der Waals surface area contributed by atoms with E-state index in [4.69, 9.17) is 9.84 Å². The molecular formula is C10H21NO3. The van der Waals surface area contributed by atoms with Crippen molar-refractivity contribution in [1.82, 2.24) is 5.32 Å². The summed E-state index contributed by atoms with van der Waals surface area (Å²) in [6.07, 6.45) is -0.481. The summed E-state index contributed by atoms with van der Waals surface area (Å²) < 4.78 is 5.06. The third kappa shape index (κ3) is 5.80. The van der Waals surface area contributed by atoms with Crippen molar-refractivity contribution in [3.63, 3.8) is 0 Å². The summed E-state index contributed by atoms with van der Waals surface area (Å²) in [5.74, 6) is 0.188. The number of aliphatic hydroxyl groups excluding tert-OH is 1. The van der Waals surface area contributed by atoms with Crippen LogP contribution in [0, 0.1) is 5.92 Å². The lowest BCUT2D eigenvalue weighted by molar-refractivity contribution is 0.0462. The zero-order chi connectivity index (χ0) is 11.4. The third-order valence-corrected chi connectivity index (χ3v) is 1.70. The molecule has 0 radical (unpaired) electrons. The SMILES string of the molecule is CC(C)[C@@H](CO)[15NH]C(=O)OC(C)(C)C. The molecule has 4 heteroatoms. The van der Waals surface area contributed by atoms with Crippen LogP contribution in [0.15, 0.2) is 0 Å². The molecule has 0 aliphatic heterocycles. The fourth-order valence-corrected chi connectivity index (χ4v) is 0.882. The largest absolute Gasteiger partial charge is 0.444 e. The number of ether oxygens (including phenoxy) is 1. The second-order valence-corrected chi connectivity index (χ2v) is 4.68. The summed E-state index contributed by atoms with van der Waals surface area (Å²) >= 11 is 0. The first-order valence-corrected chi connectivity index (χ1v) is 4.86. The van der Waals surface area contributed by atoms with E-state index in [9.17, 15) is 4.79 Å². The van der Waals surface area contributed by atoms with Gasteiger partial charge in [-0.3, -0.25) is 0 Å². The highest BCUT2D eigenvalue weighted by Gasteiger charge is 2.20. The molecule has 0 unspecified atom stereocenters. The molecule has 1 atom stereocenters. The minimum atomic E-state index is -0.499. The van der Waals surface area contributed by atoms with Crippen LogP contribution >= 0.6 is 0 Å². The fourth-order valence-electron chi connectivity index (χ4n) is 0.882. The lowest BCUT2D eigenvalue weighted by atomic mass is 10.1. The molecular weight excluding hydrogens is 183 g/mol. The van der Waals surface area contributed by atoms with Crippen molar-refractivity contribution in [2.24, 2.45) is 5.92 Å². The molecule has 0 aromatic carbocycles. The van der Waals surface area contributed by atoms with Gasteiger partial charge in [0.15, 0.2) is 0 Å². The Morgan fingerprint density at radius 1 is 1.43 bits per heavy atom. The number of alkyl carbamates (subject to hydrolysis) is 1. The topological polar surface area (TPSA) is 58.6 Å². The van der Waals surface area contributed by atoms with Crippen molar-refractivity contribution in [3.8, 4) is 0 Å². The van der Waals surface area contributed by atoms with Crippen LogP contribution in [0.2, 0.25) is 0 Å². The lowest BCUT2D eigenvalue weighted by Gasteiger charge is -2.24. The van der Waals surface area contributed by atoms with Crippen molar-refractivity contribution in [2.45, 2.75) is 46.3 Å². The first-order valence-electron chi connectivity index (χ1n) is 4.86. The lowest BCUT2D eigenvalue weighted by Crippen LogP contribution is -2.43. The molecule has 0 aliphatic carbocycles. The van der Waals surface area contributed by atoms with Gasteiger partial charge in [0.25, 0.3) is 0 Å². The van der Waals surface area contributed by atoms with Crippen LogP contribution in [0.25, 0.3) is 0 Å². The number of amides is 1. The minimum absolute atomic E-state index is 0.0725. The van der Waals surface area contributed by atoms with Gasteiger partial charge >= 0.3 is 6.09 Å². The summed E-state index contributed by atoms with van der Waals surface area (Å²) in [6, 6.07) is -0.246. The molecule has 0 rings (SSSR count). The van der Waals surface area contributed by atoms with Crippen molar-refractivity contribution in [1.29, 1.82) is 0 Å². The predicted octanol–water partition coefficient (Wildman–Crippen LogP) is 1.53. The van der Waals surface area contributed by atoms with E-state index in [0.29, 0.717) is 0 Å². The highest BCUT2D eigenvalue weighted by atomic mass is 16.6. The quantitative estimate of drug-likeness (QED) is 0.685. The molecule has 4 nitrogen and oxygen atoms in total. The molecule has 84 valence electrons. The van der Waals surface area contributed by atoms with E-state index < -0.39 is 11.7 Å². The zero-order valence-electron chi connectivity index (χ0n) is 9.63. The second-order valence-electron chi connectivity index (χ2n) is 4.68. The maximum Gasteiger partial charge on any atom is 0.407 e. The Kier molecular flexibility index (Phi) is 4.91. The second kappa shape index (κ2) is 5.20. The van der Waals surface area contributed by atoms with E-state index in [1.807, 2.05) is 13.8 Å². The monoisotopic (exact) mass is 204 g/mol. The highest BCUT2D eigenvalue weighted by molar-refractivity contribution is 5.68. The maximum absolute atomic E-state index is 11.3. The first-order chi connectivity index (χ1) is 6.26. The molecule has 0 saturated heterocycles. The minimum Gasteiger partial charge on any atom is -0.444 e. The summed E-state index contributed by atoms with van der Waals surface area (Å²) in [5, 5.41) is 11.6. The van der Waals surface area contributed by atoms with Gasteiger partial charge in [0.05, 0.1) is 12.6 Å². The molecule has 0 aromatic heterocycles. The van der Waals surface area contributed by atoms with Gasteiger partial charge in [0, 0.05) is 0 Å². The fraction of sp³-hybridized carbons (Fsp3) is 0.900. The Labute approximate surface area is 85.6 Å². The summed E-state index contributed by atoms with van der Waals surface area (Å²) in [6.45, 7) is 9.19. The van der Waals surface area contributed by atoms with Crippen LogP contribution in [0.1, 0.15) is 34.6 Å². The number of carbonyl (C=O) groups excluding carboxylic acids is 1. The summed E-state index contributed by atoms with van der Waals surface area (Å²) in [4.78, 5) is 11.3. The number of hydrogen-bond donors (Lipinski definition) is 2. The third-order valence-electron chi connectivity index (χ3n) is 1.70. The molecule has 2 N–H and O–H groups in total. The Morgan fingerprint density at radius 3 is 2.21 bits per heavy atom. The van der Waals surface area contributed by atoms with Crippen molar-refractivity contribution < 1.29 is 14.6 Å². The van der Waals surface area contributed by atoms with Gasteiger partial charge in [0.1, 0.15) is 5.60 Å². The average molecular weight is 204 g/mol. The average Bonchev–Trinajstić information content (AvgIpc) is 1.96. The van der Waals surface area contributed by atoms with Gasteiger partial charge in [-0.2, -0.15) is 0 Å². The number of carbonyl (C=O) groups is 1. The van der Waals surface area contributed by atoms with Crippen molar-refractivity contribution >= 4 is 6.09 Å². The predicted molar refractivity (Wildman–Crippen MR) is 55.1 cm³/mol. The number of hydrogen-bond acceptors (Lipinski definition) is 3. The Balaban J connectivity index is 4.04. The van der Waals surface area contributed by atoms with E-state index in [2.05, 4.69) is 5.32 Å². The van der Waals surface area contributed by atoms with Gasteiger partial charge in [-0.05, 0) is 26.7 Å². The van der Waals surface area contributed by atoms with Gasteiger partial charge in [-0.15, -0.1) is 0 Å². The van der Waals surface area contributed by atoms with Gasteiger partial charge < -0.3 is 15.2 Å². The van der Waals surface area contributed by atoms with Crippen LogP contribution in [0.3, 0.4) is 0 Å². The van der Waals surface area contributed by atoms with Crippen LogP contribution in [-0.2, 0) is 4.74 Å². The zero-order valence-corrected chi connectivity index (χ0v) is 9.63. The van der Waals surface area contributed by atoms with E-state index in [0.717, 1.165) is 0 Å². The van der Waals surface area contributed by atoms with E-state index in [1.54, 1.807) is 20.8 Å². The van der Waals surface area contributed by atoms with Crippen LogP contribution in [0.5, 0.6) is 0 Å². The Bertz CT molecular complexity index is 184. The number of rotatable bonds is 3. The maximum atomic E-state index is 11.3. The van der Waals surface area contributed by atoms with Crippen LogP contribution < -0.4 is 5.32 Å². The molecule has 14 heavy (non-hydrogen) atoms. The molecule has 0 saturated carbocycles. The van der Waals surface area contributed by atoms with E-state index in [1.165, 1.54) is 0 Å². The van der Waals surface area contributed by atoms with Gasteiger partial charge in [-0.1, -0.05) is 13.8 Å². The summed E-state index contributed by atoms with van der Waals surface area (Å²) in [5.41, 5.74) is -0.499. The highest BCUT2D eigenvalue weighted by Crippen LogP contribution is 2.08. The summed E-state index contributed by atoms with van der Waals surface area (Å²) in [7, 11) is 0. The van der Waals surface area contributed by atoms with Gasteiger partial charge in [-0.25, -0.2) is 4.79 Å². The van der Waals surface area contributed by atoms with Crippen LogP contribution in [0.4, 0.5) is 4.79 Å². The van der Waals surface area contributed by atoms with E-state index in [-0.39, 0.29) is 18.6 Å². The molecule has 0 aromatic rings. The molecule has 0 spiro atoms. The van der Waals surface area contributed by atoms with E-state index >= 15 is 0 Å². The molecule has 0 heterocycles. The van der Waals surface area contributed by atoms with Crippen molar-refractivity contribution in [3.05, 3.63) is 0 Å². The molecule has 0 bridgehead atoms. The van der Waals surface area contributed by atoms with Gasteiger partial charge in [0.2, 0.25) is 0 Å². The van der Waals surface area contributed by atoms with Crippen molar-refractivity contribution in [2.75, 3.05) is 6.61 Å². The molecule has 0 aliphatic rings.